The molecule has 0 aliphatic heterocycles. The number of rotatable bonds is 6. The van der Waals surface area contributed by atoms with Gasteiger partial charge in [0, 0.05) is 10.6 Å². The second kappa shape index (κ2) is 8.51. The van der Waals surface area contributed by atoms with Crippen molar-refractivity contribution in [2.24, 2.45) is 0 Å². The summed E-state index contributed by atoms with van der Waals surface area (Å²) in [6.45, 7) is 3.91. The van der Waals surface area contributed by atoms with Gasteiger partial charge >= 0.3 is 0 Å². The molecule has 5 rings (SSSR count). The molecule has 1 aliphatic carbocycles. The number of nitrogens with one attached hydrogen (secondary N) is 2. The summed E-state index contributed by atoms with van der Waals surface area (Å²) in [5.74, 6) is 1.90. The van der Waals surface area contributed by atoms with Crippen molar-refractivity contribution in [3.05, 3.63) is 62.4 Å². The van der Waals surface area contributed by atoms with Crippen LogP contribution in [-0.4, -0.2) is 36.4 Å². The summed E-state index contributed by atoms with van der Waals surface area (Å²) in [5, 5.41) is 8.02. The van der Waals surface area contributed by atoms with Crippen LogP contribution in [0.15, 0.2) is 29.2 Å². The third-order valence-corrected chi connectivity index (χ3v) is 7.48. The molecule has 4 aromatic heterocycles. The van der Waals surface area contributed by atoms with Crippen LogP contribution in [0.3, 0.4) is 0 Å². The maximum atomic E-state index is 12.5. The van der Waals surface area contributed by atoms with Crippen molar-refractivity contribution in [3.63, 3.8) is 0 Å². The van der Waals surface area contributed by atoms with Gasteiger partial charge in [-0.05, 0) is 56.9 Å². The highest BCUT2D eigenvalue weighted by atomic mass is 32.2. The second-order valence-electron chi connectivity index (χ2n) is 7.84. The summed E-state index contributed by atoms with van der Waals surface area (Å²) < 4.78 is 1.77. The molecule has 32 heavy (non-hydrogen) atoms. The van der Waals surface area contributed by atoms with E-state index in [-0.39, 0.29) is 17.2 Å². The number of nitrogens with zero attached hydrogens (tertiary/aromatic N) is 4. The molecule has 0 saturated heterocycles. The summed E-state index contributed by atoms with van der Waals surface area (Å²) >= 11 is 3.04. The highest BCUT2D eigenvalue weighted by Crippen LogP contribution is 2.34. The van der Waals surface area contributed by atoms with Gasteiger partial charge < -0.3 is 10.3 Å². The molecule has 10 heteroatoms. The monoisotopic (exact) mass is 466 g/mol. The Morgan fingerprint density at radius 3 is 2.94 bits per heavy atom. The van der Waals surface area contributed by atoms with Gasteiger partial charge in [0.25, 0.3) is 5.56 Å². The number of hydrogen-bond donors (Lipinski definition) is 2. The first-order valence-electron chi connectivity index (χ1n) is 10.4. The Kier molecular flexibility index (Phi) is 5.56. The van der Waals surface area contributed by atoms with E-state index in [9.17, 15) is 9.59 Å². The third-order valence-electron chi connectivity index (χ3n) is 5.35. The molecule has 0 bridgehead atoms. The molecular weight excluding hydrogens is 444 g/mol. The minimum absolute atomic E-state index is 0.0665. The molecule has 0 saturated carbocycles. The van der Waals surface area contributed by atoms with Crippen molar-refractivity contribution in [1.82, 2.24) is 24.7 Å². The molecule has 4 aromatic rings. The Hall–Kier alpha value is -2.98. The van der Waals surface area contributed by atoms with E-state index in [0.29, 0.717) is 23.1 Å². The minimum atomic E-state index is -0.130. The van der Waals surface area contributed by atoms with Crippen molar-refractivity contribution >= 4 is 44.9 Å². The molecule has 0 fully saturated rings. The number of thioether (sulfide) groups is 1. The van der Waals surface area contributed by atoms with Gasteiger partial charge in [-0.1, -0.05) is 0 Å². The molecule has 0 spiro atoms. The van der Waals surface area contributed by atoms with Gasteiger partial charge in [0.05, 0.1) is 34.5 Å². The van der Waals surface area contributed by atoms with Crippen LogP contribution in [0.1, 0.15) is 34.1 Å². The zero-order valence-corrected chi connectivity index (χ0v) is 19.4. The fourth-order valence-corrected chi connectivity index (χ4v) is 5.97. The highest BCUT2D eigenvalue weighted by Gasteiger charge is 2.21. The van der Waals surface area contributed by atoms with Crippen molar-refractivity contribution in [2.45, 2.75) is 38.9 Å². The van der Waals surface area contributed by atoms with E-state index in [1.807, 2.05) is 32.0 Å². The maximum Gasteiger partial charge on any atom is 0.259 e. The molecule has 1 aliphatic rings. The molecule has 0 radical (unpaired) electrons. The first-order chi connectivity index (χ1) is 15.5. The fraction of sp³-hybridized carbons (Fsp3) is 0.318. The van der Waals surface area contributed by atoms with Crippen LogP contribution in [0.2, 0.25) is 0 Å². The number of aryl methyl sites for hydroxylation is 4. The van der Waals surface area contributed by atoms with Crippen LogP contribution in [-0.2, 0) is 23.4 Å². The molecule has 8 nitrogen and oxygen atoms in total. The lowest BCUT2D eigenvalue weighted by molar-refractivity contribution is -0.113. The second-order valence-corrected chi connectivity index (χ2v) is 9.90. The third kappa shape index (κ3) is 4.07. The number of carbonyl (C=O) groups is 1. The molecule has 164 valence electrons. The average Bonchev–Trinajstić information content (AvgIpc) is 3.42. The van der Waals surface area contributed by atoms with E-state index in [1.165, 1.54) is 22.2 Å². The molecule has 1 amide bonds. The number of aromatic nitrogens is 5. The van der Waals surface area contributed by atoms with Crippen LogP contribution in [0.4, 0.5) is 5.69 Å². The predicted molar refractivity (Wildman–Crippen MR) is 128 cm³/mol. The maximum absolute atomic E-state index is 12.5. The largest absolute Gasteiger partial charge is 0.324 e. The van der Waals surface area contributed by atoms with Gasteiger partial charge in [0.1, 0.15) is 10.7 Å². The van der Waals surface area contributed by atoms with Crippen molar-refractivity contribution in [1.29, 1.82) is 0 Å². The highest BCUT2D eigenvalue weighted by molar-refractivity contribution is 7.99. The number of fused-ring (bicyclic) bond motifs is 3. The van der Waals surface area contributed by atoms with E-state index in [0.717, 1.165) is 40.9 Å². The zero-order valence-electron chi connectivity index (χ0n) is 17.8. The van der Waals surface area contributed by atoms with Gasteiger partial charge in [0.2, 0.25) is 5.91 Å². The smallest absolute Gasteiger partial charge is 0.259 e. The predicted octanol–water partition coefficient (Wildman–Crippen LogP) is 3.54. The Morgan fingerprint density at radius 2 is 2.19 bits per heavy atom. The first-order valence-corrected chi connectivity index (χ1v) is 12.4. The van der Waals surface area contributed by atoms with E-state index in [2.05, 4.69) is 25.4 Å². The number of amides is 1. The van der Waals surface area contributed by atoms with Crippen LogP contribution in [0.25, 0.3) is 16.0 Å². The molecule has 0 atom stereocenters. The number of pyridine rings is 1. The summed E-state index contributed by atoms with van der Waals surface area (Å²) in [4.78, 5) is 38.8. The van der Waals surface area contributed by atoms with Crippen LogP contribution in [0.5, 0.6) is 0 Å². The van der Waals surface area contributed by atoms with Crippen LogP contribution in [0, 0.1) is 13.8 Å². The van der Waals surface area contributed by atoms with E-state index < -0.39 is 0 Å². The van der Waals surface area contributed by atoms with Gasteiger partial charge in [-0.15, -0.1) is 23.1 Å². The Labute approximate surface area is 192 Å². The van der Waals surface area contributed by atoms with Gasteiger partial charge in [-0.3, -0.25) is 9.59 Å². The Morgan fingerprint density at radius 1 is 1.31 bits per heavy atom. The number of hydrogen-bond acceptors (Lipinski definition) is 7. The summed E-state index contributed by atoms with van der Waals surface area (Å²) in [6, 6.07) is 5.62. The molecular formula is C22H22N6O2S2. The van der Waals surface area contributed by atoms with Crippen LogP contribution >= 0.6 is 23.1 Å². The number of carbonyl (C=O) groups excluding carboxylic acids is 1. The lowest BCUT2D eigenvalue weighted by atomic mass is 10.2. The van der Waals surface area contributed by atoms with Crippen molar-refractivity contribution in [2.75, 3.05) is 11.1 Å². The topological polar surface area (TPSA) is 106 Å². The molecule has 0 unspecified atom stereocenters. The first kappa shape index (κ1) is 20.9. The quantitative estimate of drug-likeness (QED) is 0.450. The average molecular weight is 467 g/mol. The number of anilines is 1. The minimum Gasteiger partial charge on any atom is -0.324 e. The SMILES string of the molecule is Cc1cc(C)n(-c2ccc(NC(=O)CSCc3nc4sc5c(c4c(=O)[nH]3)CCC5)cn2)n1. The van der Waals surface area contributed by atoms with Gasteiger partial charge in [0.15, 0.2) is 5.82 Å². The lowest BCUT2D eigenvalue weighted by Crippen LogP contribution is -2.15. The molecule has 2 N–H and O–H groups in total. The van der Waals surface area contributed by atoms with Crippen molar-refractivity contribution < 1.29 is 4.79 Å². The summed E-state index contributed by atoms with van der Waals surface area (Å²) in [7, 11) is 0. The van der Waals surface area contributed by atoms with E-state index in [4.69, 9.17) is 0 Å². The van der Waals surface area contributed by atoms with Crippen molar-refractivity contribution in [3.8, 4) is 5.82 Å². The van der Waals surface area contributed by atoms with Crippen LogP contribution < -0.4 is 10.9 Å². The van der Waals surface area contributed by atoms with E-state index >= 15 is 0 Å². The van der Waals surface area contributed by atoms with Gasteiger partial charge in [-0.25, -0.2) is 14.6 Å². The normalized spacial score (nSPS) is 12.9. The number of aromatic amines is 1. The summed E-state index contributed by atoms with van der Waals surface area (Å²) in [5.41, 5.74) is 3.66. The number of H-pyrrole nitrogens is 1. The Balaban J connectivity index is 1.18. The molecule has 0 aromatic carbocycles. The van der Waals surface area contributed by atoms with E-state index in [1.54, 1.807) is 22.2 Å². The zero-order chi connectivity index (χ0) is 22.2. The standard InChI is InChI=1S/C22H22N6O2S2/c1-12-8-13(2)28(27-12)18-7-6-14(9-23-18)24-19(29)11-31-10-17-25-21(30)20-15-4-3-5-16(15)32-22(20)26-17/h6-9H,3-5,10-11H2,1-2H3,(H,24,29)(H,25,26,30). The fourth-order valence-electron chi connectivity index (χ4n) is 4.00. The Bertz CT molecular complexity index is 1370. The number of thiophene rings is 1. The molecule has 4 heterocycles. The summed E-state index contributed by atoms with van der Waals surface area (Å²) in [6.07, 6.45) is 4.74. The lowest BCUT2D eigenvalue weighted by Gasteiger charge is -2.07. The van der Waals surface area contributed by atoms with Gasteiger partial charge in [-0.2, -0.15) is 5.10 Å².